The van der Waals surface area contributed by atoms with Gasteiger partial charge in [-0.1, -0.05) is 6.07 Å². The van der Waals surface area contributed by atoms with Crippen molar-refractivity contribution >= 4 is 22.4 Å². The smallest absolute Gasteiger partial charge is 0.335 e. The molecule has 0 atom stereocenters. The van der Waals surface area contributed by atoms with Gasteiger partial charge in [0.15, 0.2) is 0 Å². The van der Waals surface area contributed by atoms with Gasteiger partial charge < -0.3 is 15.1 Å². The van der Waals surface area contributed by atoms with Gasteiger partial charge in [-0.2, -0.15) is 0 Å². The molecule has 0 bridgehead atoms. The van der Waals surface area contributed by atoms with Gasteiger partial charge in [-0.25, -0.2) is 4.79 Å². The predicted octanol–water partition coefficient (Wildman–Crippen LogP) is 2.31. The molecule has 4 heteroatoms. The fourth-order valence-electron chi connectivity index (χ4n) is 1.73. The van der Waals surface area contributed by atoms with Gasteiger partial charge in [0.05, 0.1) is 5.56 Å². The minimum atomic E-state index is -1.04. The van der Waals surface area contributed by atoms with Gasteiger partial charge >= 0.3 is 5.97 Å². The Bertz CT molecular complexity index is 590. The maximum Gasteiger partial charge on any atom is 0.335 e. The van der Waals surface area contributed by atoms with Gasteiger partial charge in [0.25, 0.3) is 0 Å². The number of benzene rings is 2. The summed E-state index contributed by atoms with van der Waals surface area (Å²) in [7, 11) is 3.81. The van der Waals surface area contributed by atoms with Crippen LogP contribution in [0.4, 0.5) is 5.69 Å². The van der Waals surface area contributed by atoms with Crippen molar-refractivity contribution in [2.45, 2.75) is 0 Å². The summed E-state index contributed by atoms with van der Waals surface area (Å²) in [6.07, 6.45) is 0. The van der Waals surface area contributed by atoms with Crippen molar-refractivity contribution in [2.75, 3.05) is 19.0 Å². The van der Waals surface area contributed by atoms with Crippen LogP contribution in [-0.2, 0) is 0 Å². The van der Waals surface area contributed by atoms with Crippen molar-refractivity contribution in [1.82, 2.24) is 0 Å². The van der Waals surface area contributed by atoms with E-state index in [4.69, 9.17) is 5.11 Å². The lowest BCUT2D eigenvalue weighted by Crippen LogP contribution is -2.08. The average Bonchev–Trinajstić information content (AvgIpc) is 2.28. The summed E-state index contributed by atoms with van der Waals surface area (Å²) < 4.78 is 0. The third-order valence-electron chi connectivity index (χ3n) is 2.68. The summed E-state index contributed by atoms with van der Waals surface area (Å²) in [6, 6.07) is 8.33. The molecule has 0 aromatic heterocycles. The molecule has 4 nitrogen and oxygen atoms in total. The Morgan fingerprint density at radius 3 is 2.47 bits per heavy atom. The van der Waals surface area contributed by atoms with Crippen LogP contribution < -0.4 is 4.90 Å². The highest BCUT2D eigenvalue weighted by Gasteiger charge is 2.09. The van der Waals surface area contributed by atoms with E-state index in [1.807, 2.05) is 31.1 Å². The Labute approximate surface area is 98.7 Å². The van der Waals surface area contributed by atoms with Crippen molar-refractivity contribution in [1.29, 1.82) is 0 Å². The van der Waals surface area contributed by atoms with E-state index < -0.39 is 5.97 Å². The van der Waals surface area contributed by atoms with E-state index in [0.717, 1.165) is 5.69 Å². The second kappa shape index (κ2) is 3.97. The molecule has 0 heterocycles. The Morgan fingerprint density at radius 1 is 1.18 bits per heavy atom. The molecule has 0 spiro atoms. The van der Waals surface area contributed by atoms with E-state index in [2.05, 4.69) is 0 Å². The molecule has 0 aliphatic heterocycles. The van der Waals surface area contributed by atoms with Gasteiger partial charge in [-0.15, -0.1) is 0 Å². The number of hydrogen-bond acceptors (Lipinski definition) is 3. The van der Waals surface area contributed by atoms with E-state index in [-0.39, 0.29) is 11.3 Å². The molecule has 2 aromatic rings. The van der Waals surface area contributed by atoms with Gasteiger partial charge in [-0.05, 0) is 29.7 Å². The normalized spacial score (nSPS) is 10.5. The molecule has 0 amide bonds. The molecule has 2 aromatic carbocycles. The minimum Gasteiger partial charge on any atom is -0.507 e. The Hall–Kier alpha value is -2.23. The van der Waals surface area contributed by atoms with Crippen LogP contribution in [0.2, 0.25) is 0 Å². The Kier molecular flexibility index (Phi) is 2.63. The summed E-state index contributed by atoms with van der Waals surface area (Å²) in [5.74, 6) is -1.05. The van der Waals surface area contributed by atoms with E-state index in [9.17, 15) is 9.90 Å². The summed E-state index contributed by atoms with van der Waals surface area (Å²) >= 11 is 0. The van der Waals surface area contributed by atoms with Crippen molar-refractivity contribution in [3.05, 3.63) is 35.9 Å². The molecule has 0 saturated carbocycles. The number of carboxylic acid groups (broad SMARTS) is 1. The number of nitrogens with zero attached hydrogens (tertiary/aromatic N) is 1. The van der Waals surface area contributed by atoms with E-state index in [1.165, 1.54) is 6.07 Å². The number of aromatic hydroxyl groups is 1. The SMILES string of the molecule is CN(C)c1ccc2cc(C(=O)O)cc(O)c2c1. The van der Waals surface area contributed by atoms with Crippen molar-refractivity contribution in [3.8, 4) is 5.75 Å². The molecular weight excluding hydrogens is 218 g/mol. The zero-order valence-electron chi connectivity index (χ0n) is 9.64. The first-order valence-corrected chi connectivity index (χ1v) is 5.16. The summed E-state index contributed by atoms with van der Waals surface area (Å²) in [4.78, 5) is 12.8. The van der Waals surface area contributed by atoms with Crippen molar-refractivity contribution < 1.29 is 15.0 Å². The maximum atomic E-state index is 10.9. The molecule has 0 radical (unpaired) electrons. The molecule has 0 unspecified atom stereocenters. The Balaban J connectivity index is 2.68. The molecule has 17 heavy (non-hydrogen) atoms. The fourth-order valence-corrected chi connectivity index (χ4v) is 1.73. The molecule has 0 aliphatic rings. The van der Waals surface area contributed by atoms with Crippen LogP contribution in [0.25, 0.3) is 10.8 Å². The number of carboxylic acids is 1. The predicted molar refractivity (Wildman–Crippen MR) is 66.9 cm³/mol. The molecule has 0 saturated heterocycles. The van der Waals surface area contributed by atoms with Crippen LogP contribution in [0.1, 0.15) is 10.4 Å². The molecule has 88 valence electrons. The van der Waals surface area contributed by atoms with Crippen LogP contribution in [-0.4, -0.2) is 30.3 Å². The second-order valence-electron chi connectivity index (χ2n) is 4.10. The van der Waals surface area contributed by atoms with Crippen molar-refractivity contribution in [2.24, 2.45) is 0 Å². The Morgan fingerprint density at radius 2 is 1.88 bits per heavy atom. The third kappa shape index (κ3) is 2.01. The molecule has 2 N–H and O–H groups in total. The first-order valence-electron chi connectivity index (χ1n) is 5.16. The second-order valence-corrected chi connectivity index (χ2v) is 4.10. The van der Waals surface area contributed by atoms with Gasteiger partial charge in [0.2, 0.25) is 0 Å². The number of aromatic carboxylic acids is 1. The number of anilines is 1. The van der Waals surface area contributed by atoms with Crippen molar-refractivity contribution in [3.63, 3.8) is 0 Å². The van der Waals surface area contributed by atoms with Crippen LogP contribution >= 0.6 is 0 Å². The molecule has 2 rings (SSSR count). The lowest BCUT2D eigenvalue weighted by atomic mass is 10.0. The first kappa shape index (κ1) is 11.3. The third-order valence-corrected chi connectivity index (χ3v) is 2.68. The highest BCUT2D eigenvalue weighted by Crippen LogP contribution is 2.29. The average molecular weight is 231 g/mol. The standard InChI is InChI=1S/C13H13NO3/c1-14(2)10-4-3-8-5-9(13(16)17)6-12(15)11(8)7-10/h3-7,15H,1-2H3,(H,16,17). The number of rotatable bonds is 2. The van der Waals surface area contributed by atoms with E-state index in [1.54, 1.807) is 12.1 Å². The number of carbonyl (C=O) groups is 1. The first-order chi connectivity index (χ1) is 7.99. The fraction of sp³-hybridized carbons (Fsp3) is 0.154. The van der Waals surface area contributed by atoms with Gasteiger partial charge in [0, 0.05) is 25.2 Å². The zero-order valence-corrected chi connectivity index (χ0v) is 9.64. The monoisotopic (exact) mass is 231 g/mol. The maximum absolute atomic E-state index is 10.9. The van der Waals surface area contributed by atoms with Crippen LogP contribution in [0, 0.1) is 0 Å². The van der Waals surface area contributed by atoms with Crippen LogP contribution in [0.15, 0.2) is 30.3 Å². The molecule has 0 fully saturated rings. The number of phenols is 1. The quantitative estimate of drug-likeness (QED) is 0.832. The van der Waals surface area contributed by atoms with Crippen LogP contribution in [0.5, 0.6) is 5.75 Å². The molecular formula is C13H13NO3. The summed E-state index contributed by atoms with van der Waals surface area (Å²) in [6.45, 7) is 0. The number of phenolic OH excluding ortho intramolecular Hbond substituents is 1. The van der Waals surface area contributed by atoms with Gasteiger partial charge in [-0.3, -0.25) is 0 Å². The molecule has 0 aliphatic carbocycles. The lowest BCUT2D eigenvalue weighted by molar-refractivity contribution is 0.0696. The number of fused-ring (bicyclic) bond motifs is 1. The lowest BCUT2D eigenvalue weighted by Gasteiger charge is -2.13. The highest BCUT2D eigenvalue weighted by molar-refractivity contribution is 5.98. The summed E-state index contributed by atoms with van der Waals surface area (Å²) in [5.41, 5.74) is 1.04. The van der Waals surface area contributed by atoms with Gasteiger partial charge in [0.1, 0.15) is 5.75 Å². The number of hydrogen-bond donors (Lipinski definition) is 2. The largest absolute Gasteiger partial charge is 0.507 e. The van der Waals surface area contributed by atoms with Crippen LogP contribution in [0.3, 0.4) is 0 Å². The topological polar surface area (TPSA) is 60.8 Å². The summed E-state index contributed by atoms with van der Waals surface area (Å²) in [5, 5.41) is 20.1. The zero-order chi connectivity index (χ0) is 12.6. The minimum absolute atomic E-state index is 0.0106. The highest BCUT2D eigenvalue weighted by atomic mass is 16.4. The van der Waals surface area contributed by atoms with E-state index >= 15 is 0 Å². The van der Waals surface area contributed by atoms with E-state index in [0.29, 0.717) is 10.8 Å².